The van der Waals surface area contributed by atoms with Gasteiger partial charge in [-0.1, -0.05) is 41.5 Å². The molecule has 1 aliphatic carbocycles. The van der Waals surface area contributed by atoms with Crippen molar-refractivity contribution in [1.82, 2.24) is 5.32 Å². The van der Waals surface area contributed by atoms with Gasteiger partial charge in [0.1, 0.15) is 0 Å². The van der Waals surface area contributed by atoms with Crippen molar-refractivity contribution >= 4 is 0 Å². The largest absolute Gasteiger partial charge is 0.384 e. The smallest absolute Gasteiger partial charge is 0.0490 e. The Kier molecular flexibility index (Phi) is 7.00. The molecule has 1 saturated carbocycles. The molecule has 0 bridgehead atoms. The maximum absolute atomic E-state index is 5.43. The molecule has 1 fully saturated rings. The quantitative estimate of drug-likeness (QED) is 0.782. The van der Waals surface area contributed by atoms with E-state index in [1.807, 2.05) is 7.11 Å². The van der Waals surface area contributed by atoms with Gasteiger partial charge in [-0.25, -0.2) is 0 Å². The number of hydrogen-bond donors (Lipinski definition) is 1. The topological polar surface area (TPSA) is 21.3 Å². The summed E-state index contributed by atoms with van der Waals surface area (Å²) in [5.41, 5.74) is 0.446. The van der Waals surface area contributed by atoms with Crippen LogP contribution < -0.4 is 5.32 Å². The predicted octanol–water partition coefficient (Wildman–Crippen LogP) is 4.35. The molecule has 20 heavy (non-hydrogen) atoms. The molecule has 0 aromatic heterocycles. The summed E-state index contributed by atoms with van der Waals surface area (Å²) >= 11 is 0. The minimum atomic E-state index is 0.446. The third-order valence-corrected chi connectivity index (χ3v) is 5.22. The van der Waals surface area contributed by atoms with Crippen molar-refractivity contribution in [2.45, 2.75) is 66.8 Å². The normalized spacial score (nSPS) is 29.7. The predicted molar refractivity (Wildman–Crippen MR) is 88.0 cm³/mol. The van der Waals surface area contributed by atoms with Crippen molar-refractivity contribution in [3.63, 3.8) is 0 Å². The van der Waals surface area contributed by atoms with Gasteiger partial charge in [0.25, 0.3) is 0 Å². The highest BCUT2D eigenvalue weighted by Gasteiger charge is 2.37. The lowest BCUT2D eigenvalue weighted by Gasteiger charge is -2.44. The standard InChI is InChI=1S/C18H37NO/c1-13(2)19-11-15-8-9-16(18(4,5)6)10-17(15)14(3)12-20-7/h13-17,19H,8-12H2,1-7H3. The van der Waals surface area contributed by atoms with Crippen LogP contribution in [0.4, 0.5) is 0 Å². The van der Waals surface area contributed by atoms with E-state index in [1.165, 1.54) is 25.8 Å². The molecule has 0 heterocycles. The van der Waals surface area contributed by atoms with E-state index in [2.05, 4.69) is 46.9 Å². The molecule has 4 unspecified atom stereocenters. The fraction of sp³-hybridized carbons (Fsp3) is 1.00. The number of rotatable bonds is 6. The van der Waals surface area contributed by atoms with Gasteiger partial charge >= 0.3 is 0 Å². The van der Waals surface area contributed by atoms with Gasteiger partial charge in [0.2, 0.25) is 0 Å². The van der Waals surface area contributed by atoms with Crippen LogP contribution in [0.5, 0.6) is 0 Å². The summed E-state index contributed by atoms with van der Waals surface area (Å²) in [4.78, 5) is 0. The fourth-order valence-electron chi connectivity index (χ4n) is 3.78. The molecule has 120 valence electrons. The number of ether oxygens (including phenoxy) is 1. The maximum atomic E-state index is 5.43. The van der Waals surface area contributed by atoms with Crippen LogP contribution in [0.2, 0.25) is 0 Å². The molecule has 0 aromatic rings. The molecule has 4 atom stereocenters. The molecule has 0 aromatic carbocycles. The summed E-state index contributed by atoms with van der Waals surface area (Å²) in [5.74, 6) is 3.16. The molecule has 2 nitrogen and oxygen atoms in total. The zero-order valence-electron chi connectivity index (χ0n) is 14.8. The van der Waals surface area contributed by atoms with E-state index in [4.69, 9.17) is 4.74 Å². The molecule has 0 radical (unpaired) electrons. The SMILES string of the molecule is COCC(C)C1CC(C(C)(C)C)CCC1CNC(C)C. The van der Waals surface area contributed by atoms with Crippen molar-refractivity contribution in [2.24, 2.45) is 29.1 Å². The Hall–Kier alpha value is -0.0800. The molecule has 1 N–H and O–H groups in total. The van der Waals surface area contributed by atoms with E-state index in [0.717, 1.165) is 24.4 Å². The second kappa shape index (κ2) is 7.79. The molecule has 0 saturated heterocycles. The molecule has 1 aliphatic rings. The fourth-order valence-corrected chi connectivity index (χ4v) is 3.78. The number of hydrogen-bond acceptors (Lipinski definition) is 2. The van der Waals surface area contributed by atoms with Crippen molar-refractivity contribution in [3.8, 4) is 0 Å². The first-order valence-corrected chi connectivity index (χ1v) is 8.48. The summed E-state index contributed by atoms with van der Waals surface area (Å²) < 4.78 is 5.43. The summed E-state index contributed by atoms with van der Waals surface area (Å²) in [6, 6.07) is 0.591. The number of nitrogens with one attached hydrogen (secondary N) is 1. The molecule has 0 amide bonds. The number of methoxy groups -OCH3 is 1. The summed E-state index contributed by atoms with van der Waals surface area (Å²) in [5, 5.41) is 3.65. The first kappa shape index (κ1) is 18.0. The van der Waals surface area contributed by atoms with Crippen LogP contribution in [0.1, 0.15) is 60.8 Å². The van der Waals surface area contributed by atoms with E-state index in [9.17, 15) is 0 Å². The second-order valence-electron chi connectivity index (χ2n) is 8.30. The summed E-state index contributed by atoms with van der Waals surface area (Å²) in [6.45, 7) is 16.2. The Morgan fingerprint density at radius 3 is 2.30 bits per heavy atom. The van der Waals surface area contributed by atoms with Gasteiger partial charge in [0.05, 0.1) is 0 Å². The second-order valence-corrected chi connectivity index (χ2v) is 8.30. The Balaban J connectivity index is 2.69. The molecular weight excluding hydrogens is 246 g/mol. The lowest BCUT2D eigenvalue weighted by atomic mass is 9.63. The molecule has 0 aliphatic heterocycles. The lowest BCUT2D eigenvalue weighted by Crippen LogP contribution is -2.41. The van der Waals surface area contributed by atoms with Crippen LogP contribution in [-0.4, -0.2) is 26.3 Å². The van der Waals surface area contributed by atoms with Gasteiger partial charge in [0.15, 0.2) is 0 Å². The van der Waals surface area contributed by atoms with Crippen LogP contribution in [0.15, 0.2) is 0 Å². The monoisotopic (exact) mass is 283 g/mol. The molecule has 0 spiro atoms. The molecule has 1 rings (SSSR count). The van der Waals surface area contributed by atoms with Crippen LogP contribution in [0.25, 0.3) is 0 Å². The van der Waals surface area contributed by atoms with E-state index in [-0.39, 0.29) is 0 Å². The average Bonchev–Trinajstić information content (AvgIpc) is 2.35. The van der Waals surface area contributed by atoms with E-state index >= 15 is 0 Å². The van der Waals surface area contributed by atoms with Gasteiger partial charge in [-0.2, -0.15) is 0 Å². The highest BCUT2D eigenvalue weighted by Crippen LogP contribution is 2.45. The van der Waals surface area contributed by atoms with E-state index in [0.29, 0.717) is 17.4 Å². The van der Waals surface area contributed by atoms with Crippen LogP contribution >= 0.6 is 0 Å². The third-order valence-electron chi connectivity index (χ3n) is 5.22. The van der Waals surface area contributed by atoms with Crippen molar-refractivity contribution < 1.29 is 4.74 Å². The Morgan fingerprint density at radius 2 is 1.80 bits per heavy atom. The van der Waals surface area contributed by atoms with Crippen molar-refractivity contribution in [3.05, 3.63) is 0 Å². The summed E-state index contributed by atoms with van der Waals surface area (Å²) in [6.07, 6.45) is 4.14. The summed E-state index contributed by atoms with van der Waals surface area (Å²) in [7, 11) is 1.84. The van der Waals surface area contributed by atoms with Gasteiger partial charge in [-0.05, 0) is 54.9 Å². The minimum absolute atomic E-state index is 0.446. The van der Waals surface area contributed by atoms with Crippen LogP contribution in [-0.2, 0) is 4.74 Å². The Morgan fingerprint density at radius 1 is 1.15 bits per heavy atom. The highest BCUT2D eigenvalue weighted by atomic mass is 16.5. The Labute approximate surface area is 127 Å². The van der Waals surface area contributed by atoms with Crippen molar-refractivity contribution in [2.75, 3.05) is 20.3 Å². The molecular formula is C18H37NO. The third kappa shape index (κ3) is 5.37. The van der Waals surface area contributed by atoms with E-state index < -0.39 is 0 Å². The van der Waals surface area contributed by atoms with Gasteiger partial charge in [-0.3, -0.25) is 0 Å². The maximum Gasteiger partial charge on any atom is 0.0490 e. The zero-order chi connectivity index (χ0) is 15.3. The van der Waals surface area contributed by atoms with Gasteiger partial charge in [0, 0.05) is 19.8 Å². The van der Waals surface area contributed by atoms with Crippen molar-refractivity contribution in [1.29, 1.82) is 0 Å². The first-order chi connectivity index (χ1) is 9.25. The first-order valence-electron chi connectivity index (χ1n) is 8.48. The highest BCUT2D eigenvalue weighted by molar-refractivity contribution is 4.88. The van der Waals surface area contributed by atoms with Crippen LogP contribution in [0, 0.1) is 29.1 Å². The van der Waals surface area contributed by atoms with Gasteiger partial charge in [-0.15, -0.1) is 0 Å². The van der Waals surface area contributed by atoms with Crippen LogP contribution in [0.3, 0.4) is 0 Å². The molecule has 2 heteroatoms. The minimum Gasteiger partial charge on any atom is -0.384 e. The Bertz CT molecular complexity index is 269. The zero-order valence-corrected chi connectivity index (χ0v) is 14.8. The van der Waals surface area contributed by atoms with E-state index in [1.54, 1.807) is 0 Å². The lowest BCUT2D eigenvalue weighted by molar-refractivity contribution is 0.0358. The van der Waals surface area contributed by atoms with Gasteiger partial charge < -0.3 is 10.1 Å². The average molecular weight is 284 g/mol.